The molecular weight excluding hydrogens is 236 g/mol. The van der Waals surface area contributed by atoms with Crippen molar-refractivity contribution in [3.63, 3.8) is 0 Å². The highest BCUT2D eigenvalue weighted by molar-refractivity contribution is 5.85. The minimum Gasteiger partial charge on any atom is -0.449 e. The Balaban J connectivity index is 2.60. The van der Waals surface area contributed by atoms with E-state index in [0.717, 1.165) is 6.42 Å². The molecule has 0 aliphatic carbocycles. The Hall–Kier alpha value is -2.11. The quantitative estimate of drug-likeness (QED) is 0.840. The van der Waals surface area contributed by atoms with Gasteiger partial charge in [-0.1, -0.05) is 25.4 Å². The van der Waals surface area contributed by atoms with Gasteiger partial charge < -0.3 is 14.4 Å². The molecule has 0 spiro atoms. The van der Waals surface area contributed by atoms with Gasteiger partial charge in [0.2, 0.25) is 0 Å². The Bertz CT molecular complexity index is 577. The van der Waals surface area contributed by atoms with Gasteiger partial charge in [0, 0.05) is 11.8 Å². The number of rotatable bonds is 4. The molecule has 6 nitrogen and oxygen atoms in total. The van der Waals surface area contributed by atoms with Crippen LogP contribution >= 0.6 is 0 Å². The number of hydrogen-bond donors (Lipinski definition) is 1. The van der Waals surface area contributed by atoms with E-state index < -0.39 is 6.16 Å². The Morgan fingerprint density at radius 3 is 2.89 bits per heavy atom. The number of aryl methyl sites for hydroxylation is 2. The lowest BCUT2D eigenvalue weighted by atomic mass is 10.1. The average Bonchev–Trinajstić information content (AvgIpc) is 2.72. The third-order valence-corrected chi connectivity index (χ3v) is 2.58. The highest BCUT2D eigenvalue weighted by Crippen LogP contribution is 2.29. The van der Waals surface area contributed by atoms with E-state index in [0.29, 0.717) is 35.3 Å². The van der Waals surface area contributed by atoms with E-state index in [-0.39, 0.29) is 5.75 Å². The molecule has 1 N–H and O–H groups in total. The van der Waals surface area contributed by atoms with Crippen LogP contribution in [-0.2, 0) is 12.8 Å². The molecule has 2 heterocycles. The maximum absolute atomic E-state index is 10.7. The molecule has 0 saturated heterocycles. The van der Waals surface area contributed by atoms with E-state index in [1.807, 2.05) is 13.8 Å². The van der Waals surface area contributed by atoms with Crippen LogP contribution < -0.4 is 4.74 Å². The van der Waals surface area contributed by atoms with Crippen LogP contribution in [0, 0.1) is 0 Å². The maximum atomic E-state index is 10.7. The van der Waals surface area contributed by atoms with Gasteiger partial charge in [-0.3, -0.25) is 0 Å². The molecule has 2 rings (SSSR count). The Morgan fingerprint density at radius 1 is 1.50 bits per heavy atom. The fourth-order valence-electron chi connectivity index (χ4n) is 1.79. The van der Waals surface area contributed by atoms with E-state index in [1.165, 1.54) is 0 Å². The molecule has 0 saturated carbocycles. The van der Waals surface area contributed by atoms with E-state index in [2.05, 4.69) is 10.1 Å². The van der Waals surface area contributed by atoms with Crippen molar-refractivity contribution in [2.24, 2.45) is 0 Å². The highest BCUT2D eigenvalue weighted by atomic mass is 16.7. The van der Waals surface area contributed by atoms with Crippen LogP contribution in [0.4, 0.5) is 4.79 Å². The molecule has 0 unspecified atom stereocenters. The summed E-state index contributed by atoms with van der Waals surface area (Å²) in [5.74, 6) is 0.244. The standard InChI is InChI=1S/C12H14N2O4/c1-3-5-8-10-9(17-12(15)16)6-7(4-2)13-11(10)18-14-8/h6H,3-5H2,1-2H3,(H,15,16). The molecule has 0 radical (unpaired) electrons. The first kappa shape index (κ1) is 12.3. The molecule has 0 bridgehead atoms. The zero-order chi connectivity index (χ0) is 13.1. The number of aromatic nitrogens is 2. The SMILES string of the molecule is CCCc1noc2nc(CC)cc(OC(=O)O)c12. The van der Waals surface area contributed by atoms with Crippen LogP contribution in [0.1, 0.15) is 31.7 Å². The second-order valence-electron chi connectivity index (χ2n) is 3.89. The van der Waals surface area contributed by atoms with Crippen LogP contribution in [0.2, 0.25) is 0 Å². The predicted molar refractivity (Wildman–Crippen MR) is 63.8 cm³/mol. The molecule has 2 aromatic heterocycles. The molecule has 2 aromatic rings. The zero-order valence-corrected chi connectivity index (χ0v) is 10.3. The van der Waals surface area contributed by atoms with E-state index >= 15 is 0 Å². The molecule has 0 aromatic carbocycles. The minimum atomic E-state index is -1.35. The summed E-state index contributed by atoms with van der Waals surface area (Å²) in [6.45, 7) is 3.92. The fourth-order valence-corrected chi connectivity index (χ4v) is 1.79. The second-order valence-corrected chi connectivity index (χ2v) is 3.89. The van der Waals surface area contributed by atoms with Crippen LogP contribution in [-0.4, -0.2) is 21.4 Å². The van der Waals surface area contributed by atoms with E-state index in [1.54, 1.807) is 6.07 Å². The van der Waals surface area contributed by atoms with Crippen LogP contribution in [0.25, 0.3) is 11.1 Å². The lowest BCUT2D eigenvalue weighted by molar-refractivity contribution is 0.145. The monoisotopic (exact) mass is 250 g/mol. The molecule has 0 atom stereocenters. The van der Waals surface area contributed by atoms with Gasteiger partial charge in [-0.15, -0.1) is 0 Å². The normalized spacial score (nSPS) is 10.8. The topological polar surface area (TPSA) is 85.5 Å². The number of hydrogen-bond acceptors (Lipinski definition) is 5. The molecular formula is C12H14N2O4. The van der Waals surface area contributed by atoms with Crippen molar-refractivity contribution >= 4 is 17.3 Å². The summed E-state index contributed by atoms with van der Waals surface area (Å²) in [6.07, 6.45) is 0.878. The summed E-state index contributed by atoms with van der Waals surface area (Å²) in [7, 11) is 0. The van der Waals surface area contributed by atoms with Gasteiger partial charge in [0.1, 0.15) is 5.39 Å². The molecule has 6 heteroatoms. The van der Waals surface area contributed by atoms with Crippen LogP contribution in [0.5, 0.6) is 5.75 Å². The minimum absolute atomic E-state index is 0.244. The van der Waals surface area contributed by atoms with Crippen molar-refractivity contribution < 1.29 is 19.2 Å². The molecule has 0 aliphatic rings. The smallest absolute Gasteiger partial charge is 0.449 e. The van der Waals surface area contributed by atoms with Gasteiger partial charge in [-0.05, 0) is 12.8 Å². The largest absolute Gasteiger partial charge is 0.511 e. The van der Waals surface area contributed by atoms with E-state index in [4.69, 9.17) is 14.4 Å². The lowest BCUT2D eigenvalue weighted by Gasteiger charge is -2.04. The first-order valence-electron chi connectivity index (χ1n) is 5.84. The van der Waals surface area contributed by atoms with Crippen LogP contribution in [0.3, 0.4) is 0 Å². The third-order valence-electron chi connectivity index (χ3n) is 2.58. The summed E-state index contributed by atoms with van der Waals surface area (Å²) >= 11 is 0. The van der Waals surface area contributed by atoms with Gasteiger partial charge in [0.15, 0.2) is 5.75 Å². The molecule has 18 heavy (non-hydrogen) atoms. The van der Waals surface area contributed by atoms with Gasteiger partial charge >= 0.3 is 6.16 Å². The average molecular weight is 250 g/mol. The summed E-state index contributed by atoms with van der Waals surface area (Å²) in [6, 6.07) is 1.62. The molecule has 0 fully saturated rings. The van der Waals surface area contributed by atoms with Gasteiger partial charge in [-0.25, -0.2) is 9.78 Å². The Kier molecular flexibility index (Phi) is 3.45. The Labute approximate surface area is 104 Å². The van der Waals surface area contributed by atoms with Gasteiger partial charge in [0.25, 0.3) is 5.71 Å². The summed E-state index contributed by atoms with van der Waals surface area (Å²) < 4.78 is 9.92. The second kappa shape index (κ2) is 5.03. The number of carbonyl (C=O) groups is 1. The lowest BCUT2D eigenvalue weighted by Crippen LogP contribution is -2.05. The number of pyridine rings is 1. The fraction of sp³-hybridized carbons (Fsp3) is 0.417. The molecule has 0 aliphatic heterocycles. The predicted octanol–water partition coefficient (Wildman–Crippen LogP) is 2.79. The van der Waals surface area contributed by atoms with Gasteiger partial charge in [0.05, 0.1) is 5.69 Å². The first-order valence-corrected chi connectivity index (χ1v) is 5.84. The number of ether oxygens (including phenoxy) is 1. The summed E-state index contributed by atoms with van der Waals surface area (Å²) in [5, 5.41) is 13.2. The summed E-state index contributed by atoms with van der Waals surface area (Å²) in [4.78, 5) is 15.0. The van der Waals surface area contributed by atoms with Crippen molar-refractivity contribution in [1.82, 2.24) is 10.1 Å². The van der Waals surface area contributed by atoms with Crippen LogP contribution in [0.15, 0.2) is 10.6 Å². The Morgan fingerprint density at radius 2 is 2.28 bits per heavy atom. The molecule has 0 amide bonds. The first-order chi connectivity index (χ1) is 8.65. The highest BCUT2D eigenvalue weighted by Gasteiger charge is 2.17. The maximum Gasteiger partial charge on any atom is 0.511 e. The number of nitrogens with zero attached hydrogens (tertiary/aromatic N) is 2. The molecule has 96 valence electrons. The van der Waals surface area contributed by atoms with E-state index in [9.17, 15) is 4.79 Å². The van der Waals surface area contributed by atoms with Crippen molar-refractivity contribution in [1.29, 1.82) is 0 Å². The zero-order valence-electron chi connectivity index (χ0n) is 10.3. The van der Waals surface area contributed by atoms with Gasteiger partial charge in [-0.2, -0.15) is 0 Å². The van der Waals surface area contributed by atoms with Crippen molar-refractivity contribution in [2.75, 3.05) is 0 Å². The third kappa shape index (κ3) is 2.27. The van der Waals surface area contributed by atoms with Crippen molar-refractivity contribution in [3.8, 4) is 5.75 Å². The van der Waals surface area contributed by atoms with Crippen molar-refractivity contribution in [3.05, 3.63) is 17.5 Å². The summed E-state index contributed by atoms with van der Waals surface area (Å²) in [5.41, 5.74) is 1.71. The number of carboxylic acid groups (broad SMARTS) is 1. The van der Waals surface area contributed by atoms with Crippen molar-refractivity contribution in [2.45, 2.75) is 33.1 Å². The number of fused-ring (bicyclic) bond motifs is 1.